The van der Waals surface area contributed by atoms with Gasteiger partial charge in [0.15, 0.2) is 0 Å². The van der Waals surface area contributed by atoms with E-state index >= 15 is 0 Å². The molecule has 0 aromatic rings. The van der Waals surface area contributed by atoms with Gasteiger partial charge in [-0.05, 0) is 13.8 Å². The van der Waals surface area contributed by atoms with Crippen molar-refractivity contribution in [3.63, 3.8) is 0 Å². The monoisotopic (exact) mass is 171 g/mol. The molecule has 0 aromatic heterocycles. The highest BCUT2D eigenvalue weighted by molar-refractivity contribution is 5.50. The van der Waals surface area contributed by atoms with Gasteiger partial charge in [0.2, 0.25) is 0 Å². The number of aldehydes is 1. The van der Waals surface area contributed by atoms with Crippen molar-refractivity contribution in [2.24, 2.45) is 0 Å². The maximum atomic E-state index is 10.3. The van der Waals surface area contributed by atoms with E-state index in [0.717, 1.165) is 26.0 Å². The van der Waals surface area contributed by atoms with Crippen LogP contribution in [0.15, 0.2) is 0 Å². The predicted octanol–water partition coefficient (Wildman–Crippen LogP) is 0.685. The van der Waals surface area contributed by atoms with Crippen molar-refractivity contribution in [3.8, 4) is 0 Å². The van der Waals surface area contributed by atoms with Crippen molar-refractivity contribution in [1.82, 2.24) is 4.90 Å². The second-order valence-corrected chi connectivity index (χ2v) is 3.48. The standard InChI is InChI=1S/C9H17NO2/c1-8(2)10-4-6-12-9(7-10)3-5-11/h5,8-9H,3-4,6-7H2,1-2H3. The SMILES string of the molecule is CC(C)N1CCOC(CC=O)C1. The number of hydrogen-bond donors (Lipinski definition) is 0. The van der Waals surface area contributed by atoms with Crippen LogP contribution in [0.25, 0.3) is 0 Å². The third-order valence-electron chi connectivity index (χ3n) is 2.26. The Labute approximate surface area is 73.7 Å². The van der Waals surface area contributed by atoms with E-state index in [2.05, 4.69) is 18.7 Å². The molecular weight excluding hydrogens is 154 g/mol. The molecule has 0 amide bonds. The summed E-state index contributed by atoms with van der Waals surface area (Å²) >= 11 is 0. The van der Waals surface area contributed by atoms with Crippen LogP contribution in [0.2, 0.25) is 0 Å². The first-order valence-electron chi connectivity index (χ1n) is 4.53. The molecule has 0 bridgehead atoms. The second-order valence-electron chi connectivity index (χ2n) is 3.48. The average molecular weight is 171 g/mol. The van der Waals surface area contributed by atoms with Crippen molar-refractivity contribution in [2.75, 3.05) is 19.7 Å². The molecule has 1 rings (SSSR count). The molecule has 3 heteroatoms. The Hall–Kier alpha value is -0.410. The van der Waals surface area contributed by atoms with Crippen molar-refractivity contribution in [1.29, 1.82) is 0 Å². The van der Waals surface area contributed by atoms with Crippen molar-refractivity contribution in [2.45, 2.75) is 32.4 Å². The van der Waals surface area contributed by atoms with E-state index in [9.17, 15) is 4.79 Å². The van der Waals surface area contributed by atoms with Crippen LogP contribution < -0.4 is 0 Å². The van der Waals surface area contributed by atoms with Gasteiger partial charge >= 0.3 is 0 Å². The van der Waals surface area contributed by atoms with Gasteiger partial charge < -0.3 is 9.53 Å². The first kappa shape index (κ1) is 9.68. The van der Waals surface area contributed by atoms with Crippen LogP contribution in [0.3, 0.4) is 0 Å². The lowest BCUT2D eigenvalue weighted by atomic mass is 10.2. The van der Waals surface area contributed by atoms with Gasteiger partial charge in [0.05, 0.1) is 12.7 Å². The predicted molar refractivity (Wildman–Crippen MR) is 47.1 cm³/mol. The number of nitrogens with zero attached hydrogens (tertiary/aromatic N) is 1. The lowest BCUT2D eigenvalue weighted by Crippen LogP contribution is -2.45. The van der Waals surface area contributed by atoms with Crippen LogP contribution in [0.5, 0.6) is 0 Å². The van der Waals surface area contributed by atoms with Gasteiger partial charge in [-0.25, -0.2) is 0 Å². The van der Waals surface area contributed by atoms with E-state index in [0.29, 0.717) is 12.5 Å². The van der Waals surface area contributed by atoms with Crippen LogP contribution in [-0.4, -0.2) is 43.0 Å². The minimum Gasteiger partial charge on any atom is -0.375 e. The molecule has 1 saturated heterocycles. The second kappa shape index (κ2) is 4.58. The molecule has 1 aliphatic rings. The maximum Gasteiger partial charge on any atom is 0.122 e. The smallest absolute Gasteiger partial charge is 0.122 e. The topological polar surface area (TPSA) is 29.5 Å². The molecular formula is C9H17NO2. The molecule has 0 N–H and O–H groups in total. The molecule has 0 aliphatic carbocycles. The normalized spacial score (nSPS) is 26.1. The number of hydrogen-bond acceptors (Lipinski definition) is 3. The van der Waals surface area contributed by atoms with Crippen LogP contribution in [-0.2, 0) is 9.53 Å². The Kier molecular flexibility index (Phi) is 3.69. The van der Waals surface area contributed by atoms with Crippen LogP contribution in [0.1, 0.15) is 20.3 Å². The summed E-state index contributed by atoms with van der Waals surface area (Å²) in [6, 6.07) is 0.558. The van der Waals surface area contributed by atoms with Gasteiger partial charge in [-0.2, -0.15) is 0 Å². The molecule has 0 aromatic carbocycles. The third kappa shape index (κ3) is 2.57. The number of ether oxygens (including phenoxy) is 1. The Morgan fingerprint density at radius 2 is 2.42 bits per heavy atom. The summed E-state index contributed by atoms with van der Waals surface area (Å²) in [6.45, 7) is 6.99. The summed E-state index contributed by atoms with van der Waals surface area (Å²) in [5, 5.41) is 0. The minimum absolute atomic E-state index is 0.124. The number of carbonyl (C=O) groups excluding carboxylic acids is 1. The summed E-state index contributed by atoms with van der Waals surface area (Å²) in [5.41, 5.74) is 0. The zero-order valence-corrected chi connectivity index (χ0v) is 7.82. The summed E-state index contributed by atoms with van der Waals surface area (Å²) in [4.78, 5) is 12.6. The Balaban J connectivity index is 2.34. The van der Waals surface area contributed by atoms with Crippen LogP contribution in [0, 0.1) is 0 Å². The van der Waals surface area contributed by atoms with Gasteiger partial charge in [-0.3, -0.25) is 4.90 Å². The summed E-state index contributed by atoms with van der Waals surface area (Å²) in [6.07, 6.45) is 1.59. The fraction of sp³-hybridized carbons (Fsp3) is 0.889. The average Bonchev–Trinajstić information content (AvgIpc) is 2.05. The molecule has 1 fully saturated rings. The van der Waals surface area contributed by atoms with Crippen LogP contribution in [0.4, 0.5) is 0 Å². The van der Waals surface area contributed by atoms with Gasteiger partial charge in [0, 0.05) is 25.6 Å². The fourth-order valence-electron chi connectivity index (χ4n) is 1.46. The molecule has 0 radical (unpaired) electrons. The number of rotatable bonds is 3. The first-order valence-corrected chi connectivity index (χ1v) is 4.53. The molecule has 1 atom stereocenters. The van der Waals surface area contributed by atoms with Gasteiger partial charge in [0.1, 0.15) is 6.29 Å². The van der Waals surface area contributed by atoms with E-state index < -0.39 is 0 Å². The zero-order chi connectivity index (χ0) is 8.97. The Bertz CT molecular complexity index is 147. The Morgan fingerprint density at radius 3 is 3.00 bits per heavy atom. The van der Waals surface area contributed by atoms with E-state index in [1.165, 1.54) is 0 Å². The highest BCUT2D eigenvalue weighted by atomic mass is 16.5. The van der Waals surface area contributed by atoms with Crippen molar-refractivity contribution < 1.29 is 9.53 Å². The van der Waals surface area contributed by atoms with E-state index in [4.69, 9.17) is 4.74 Å². The maximum absolute atomic E-state index is 10.3. The molecule has 0 saturated carbocycles. The van der Waals surface area contributed by atoms with Gasteiger partial charge in [0.25, 0.3) is 0 Å². The molecule has 12 heavy (non-hydrogen) atoms. The van der Waals surface area contributed by atoms with E-state index in [1.54, 1.807) is 0 Å². The minimum atomic E-state index is 0.124. The van der Waals surface area contributed by atoms with E-state index in [-0.39, 0.29) is 6.10 Å². The van der Waals surface area contributed by atoms with Crippen LogP contribution >= 0.6 is 0 Å². The molecule has 1 aliphatic heterocycles. The fourth-order valence-corrected chi connectivity index (χ4v) is 1.46. The molecule has 1 unspecified atom stereocenters. The van der Waals surface area contributed by atoms with E-state index in [1.807, 2.05) is 0 Å². The summed E-state index contributed by atoms with van der Waals surface area (Å²) in [5.74, 6) is 0. The summed E-state index contributed by atoms with van der Waals surface area (Å²) < 4.78 is 5.43. The largest absolute Gasteiger partial charge is 0.375 e. The molecule has 0 spiro atoms. The van der Waals surface area contributed by atoms with Crippen molar-refractivity contribution in [3.05, 3.63) is 0 Å². The lowest BCUT2D eigenvalue weighted by molar-refractivity contribution is -0.113. The first-order chi connectivity index (χ1) is 5.74. The molecule has 70 valence electrons. The quantitative estimate of drug-likeness (QED) is 0.585. The van der Waals surface area contributed by atoms with Gasteiger partial charge in [-0.1, -0.05) is 0 Å². The zero-order valence-electron chi connectivity index (χ0n) is 7.82. The van der Waals surface area contributed by atoms with Gasteiger partial charge in [-0.15, -0.1) is 0 Å². The Morgan fingerprint density at radius 1 is 1.67 bits per heavy atom. The summed E-state index contributed by atoms with van der Waals surface area (Å²) in [7, 11) is 0. The molecule has 1 heterocycles. The number of morpholine rings is 1. The highest BCUT2D eigenvalue weighted by Gasteiger charge is 2.21. The third-order valence-corrected chi connectivity index (χ3v) is 2.26. The van der Waals surface area contributed by atoms with Crippen molar-refractivity contribution >= 4 is 6.29 Å². The lowest BCUT2D eigenvalue weighted by Gasteiger charge is -2.34. The highest BCUT2D eigenvalue weighted by Crippen LogP contribution is 2.09. The number of carbonyl (C=O) groups is 1. The molecule has 3 nitrogen and oxygen atoms in total.